The van der Waals surface area contributed by atoms with Crippen LogP contribution in [0.25, 0.3) is 11.1 Å². The van der Waals surface area contributed by atoms with Crippen LogP contribution in [0.2, 0.25) is 0 Å². The molecule has 0 saturated carbocycles. The highest BCUT2D eigenvalue weighted by Gasteiger charge is 2.20. The molecular weight excluding hydrogens is 368 g/mol. The number of hydrogen-bond acceptors (Lipinski definition) is 5. The van der Waals surface area contributed by atoms with E-state index in [1.165, 1.54) is 11.3 Å². The molecule has 1 aliphatic rings. The average molecular weight is 388 g/mol. The summed E-state index contributed by atoms with van der Waals surface area (Å²) in [5.41, 5.74) is 5.80. The first kappa shape index (κ1) is 18.4. The predicted octanol–water partition coefficient (Wildman–Crippen LogP) is 4.08. The van der Waals surface area contributed by atoms with Crippen LogP contribution in [0, 0.1) is 18.3 Å². The van der Waals surface area contributed by atoms with Crippen LogP contribution in [0.15, 0.2) is 42.5 Å². The van der Waals surface area contributed by atoms with Crippen molar-refractivity contribution in [3.8, 4) is 17.2 Å². The third-order valence-electron chi connectivity index (χ3n) is 4.96. The molecular formula is C22H20N4OS. The Morgan fingerprint density at radius 2 is 2.07 bits per heavy atom. The molecule has 1 amide bonds. The smallest absolute Gasteiger partial charge is 0.284 e. The minimum absolute atomic E-state index is 0.176. The van der Waals surface area contributed by atoms with Gasteiger partial charge in [0.25, 0.3) is 5.91 Å². The maximum absolute atomic E-state index is 12.8. The fourth-order valence-electron chi connectivity index (χ4n) is 3.48. The van der Waals surface area contributed by atoms with E-state index >= 15 is 0 Å². The van der Waals surface area contributed by atoms with Crippen LogP contribution < -0.4 is 10.6 Å². The van der Waals surface area contributed by atoms with Gasteiger partial charge < -0.3 is 10.6 Å². The summed E-state index contributed by atoms with van der Waals surface area (Å²) in [6, 6.07) is 16.0. The fourth-order valence-corrected chi connectivity index (χ4v) is 4.46. The Kier molecular flexibility index (Phi) is 5.20. The van der Waals surface area contributed by atoms with E-state index in [4.69, 9.17) is 5.26 Å². The molecule has 1 aliphatic heterocycles. The number of hydrogen-bond donors (Lipinski definition) is 2. The number of benzene rings is 2. The lowest BCUT2D eigenvalue weighted by molar-refractivity contribution is 0.102. The zero-order chi connectivity index (χ0) is 19.5. The number of rotatable bonds is 4. The number of nitrogens with zero attached hydrogens (tertiary/aromatic N) is 2. The van der Waals surface area contributed by atoms with E-state index in [9.17, 15) is 4.79 Å². The van der Waals surface area contributed by atoms with Gasteiger partial charge in [0, 0.05) is 30.1 Å². The Balaban J connectivity index is 1.63. The van der Waals surface area contributed by atoms with Crippen LogP contribution in [0.5, 0.6) is 0 Å². The number of thiazole rings is 1. The summed E-state index contributed by atoms with van der Waals surface area (Å²) in [4.78, 5) is 18.4. The number of carbonyl (C=O) groups is 1. The van der Waals surface area contributed by atoms with Crippen molar-refractivity contribution in [2.75, 3.05) is 11.9 Å². The molecule has 2 heterocycles. The summed E-state index contributed by atoms with van der Waals surface area (Å²) in [6.07, 6.45) is 1.22. The number of anilines is 1. The molecule has 0 fully saturated rings. The van der Waals surface area contributed by atoms with Crippen molar-refractivity contribution in [3.05, 3.63) is 69.2 Å². The molecule has 0 bridgehead atoms. The third-order valence-corrected chi connectivity index (χ3v) is 6.05. The number of aromatic nitrogens is 1. The highest BCUT2D eigenvalue weighted by Crippen LogP contribution is 2.32. The minimum atomic E-state index is -0.176. The van der Waals surface area contributed by atoms with Crippen molar-refractivity contribution in [2.45, 2.75) is 26.3 Å². The average Bonchev–Trinajstić information content (AvgIpc) is 3.15. The van der Waals surface area contributed by atoms with E-state index in [1.54, 1.807) is 0 Å². The van der Waals surface area contributed by atoms with Gasteiger partial charge in [0.2, 0.25) is 0 Å². The summed E-state index contributed by atoms with van der Waals surface area (Å²) in [5.74, 6) is -0.176. The van der Waals surface area contributed by atoms with Crippen LogP contribution in [-0.2, 0) is 19.4 Å². The molecule has 140 valence electrons. The molecule has 4 rings (SSSR count). The van der Waals surface area contributed by atoms with Gasteiger partial charge in [-0.1, -0.05) is 36.4 Å². The molecule has 0 radical (unpaired) electrons. The van der Waals surface area contributed by atoms with Crippen molar-refractivity contribution in [1.29, 1.82) is 5.26 Å². The van der Waals surface area contributed by atoms with Crippen LogP contribution >= 0.6 is 11.3 Å². The lowest BCUT2D eigenvalue weighted by Gasteiger charge is -2.14. The second kappa shape index (κ2) is 7.93. The highest BCUT2D eigenvalue weighted by atomic mass is 32.1. The molecule has 6 heteroatoms. The van der Waals surface area contributed by atoms with E-state index in [0.29, 0.717) is 11.4 Å². The molecule has 1 aromatic heterocycles. The fraction of sp³-hybridized carbons (Fsp3) is 0.227. The Bertz CT molecular complexity index is 1060. The zero-order valence-electron chi connectivity index (χ0n) is 15.6. The second-order valence-corrected chi connectivity index (χ2v) is 7.82. The van der Waals surface area contributed by atoms with Gasteiger partial charge in [0.05, 0.1) is 18.2 Å². The predicted molar refractivity (Wildman–Crippen MR) is 111 cm³/mol. The Labute approximate surface area is 168 Å². The van der Waals surface area contributed by atoms with E-state index in [1.807, 2.05) is 49.4 Å². The molecule has 3 aromatic rings. The quantitative estimate of drug-likeness (QED) is 0.706. The van der Waals surface area contributed by atoms with Gasteiger partial charge in [0.1, 0.15) is 0 Å². The molecule has 0 saturated heterocycles. The maximum Gasteiger partial charge on any atom is 0.284 e. The van der Waals surface area contributed by atoms with Gasteiger partial charge >= 0.3 is 0 Å². The summed E-state index contributed by atoms with van der Waals surface area (Å²) >= 11 is 1.46. The summed E-state index contributed by atoms with van der Waals surface area (Å²) in [6.45, 7) is 3.68. The standard InChI is InChI=1S/C22H20N4OS/c1-14-16(17-6-3-2-5-15(17)9-11-23)7-4-8-18(14)25-21(27)22-26-19-10-12-24-13-20(19)28-22/h2-8,24H,9-10,12-13H2,1H3,(H,25,27). The lowest BCUT2D eigenvalue weighted by Crippen LogP contribution is -2.22. The Hall–Kier alpha value is -3.01. The first-order valence-electron chi connectivity index (χ1n) is 9.23. The minimum Gasteiger partial charge on any atom is -0.320 e. The number of fused-ring (bicyclic) bond motifs is 1. The largest absolute Gasteiger partial charge is 0.320 e. The van der Waals surface area contributed by atoms with Crippen LogP contribution in [0.3, 0.4) is 0 Å². The molecule has 0 spiro atoms. The molecule has 2 N–H and O–H groups in total. The molecule has 2 aromatic carbocycles. The molecule has 0 aliphatic carbocycles. The molecule has 0 unspecified atom stereocenters. The summed E-state index contributed by atoms with van der Waals surface area (Å²) in [7, 11) is 0. The summed E-state index contributed by atoms with van der Waals surface area (Å²) in [5, 5.41) is 15.9. The van der Waals surface area contributed by atoms with Gasteiger partial charge in [-0.05, 0) is 35.2 Å². The van der Waals surface area contributed by atoms with Crippen molar-refractivity contribution < 1.29 is 4.79 Å². The topological polar surface area (TPSA) is 77.8 Å². The van der Waals surface area contributed by atoms with Crippen molar-refractivity contribution in [1.82, 2.24) is 10.3 Å². The number of nitriles is 1. The van der Waals surface area contributed by atoms with Crippen LogP contribution in [0.4, 0.5) is 5.69 Å². The van der Waals surface area contributed by atoms with Gasteiger partial charge in [-0.25, -0.2) is 4.98 Å². The first-order valence-corrected chi connectivity index (χ1v) is 10.0. The SMILES string of the molecule is Cc1c(NC(=O)c2nc3c(s2)CNCC3)cccc1-c1ccccc1CC#N. The maximum atomic E-state index is 12.8. The lowest BCUT2D eigenvalue weighted by atomic mass is 9.94. The van der Waals surface area contributed by atoms with Crippen molar-refractivity contribution in [2.24, 2.45) is 0 Å². The van der Waals surface area contributed by atoms with E-state index in [0.717, 1.165) is 58.0 Å². The molecule has 0 atom stereocenters. The normalized spacial score (nSPS) is 12.9. The van der Waals surface area contributed by atoms with Gasteiger partial charge in [-0.15, -0.1) is 11.3 Å². The van der Waals surface area contributed by atoms with Crippen LogP contribution in [0.1, 0.15) is 31.5 Å². The molecule has 5 nitrogen and oxygen atoms in total. The van der Waals surface area contributed by atoms with Crippen molar-refractivity contribution >= 4 is 22.9 Å². The highest BCUT2D eigenvalue weighted by molar-refractivity contribution is 7.13. The summed E-state index contributed by atoms with van der Waals surface area (Å²) < 4.78 is 0. The van der Waals surface area contributed by atoms with E-state index in [2.05, 4.69) is 21.7 Å². The first-order chi connectivity index (χ1) is 13.7. The van der Waals surface area contributed by atoms with Crippen molar-refractivity contribution in [3.63, 3.8) is 0 Å². The molecule has 28 heavy (non-hydrogen) atoms. The zero-order valence-corrected chi connectivity index (χ0v) is 16.4. The third kappa shape index (κ3) is 3.55. The number of amides is 1. The van der Waals surface area contributed by atoms with E-state index < -0.39 is 0 Å². The Morgan fingerprint density at radius 3 is 2.89 bits per heavy atom. The van der Waals surface area contributed by atoms with Crippen LogP contribution in [-0.4, -0.2) is 17.4 Å². The monoisotopic (exact) mass is 388 g/mol. The van der Waals surface area contributed by atoms with Gasteiger partial charge in [-0.2, -0.15) is 5.26 Å². The van der Waals surface area contributed by atoms with E-state index in [-0.39, 0.29) is 5.91 Å². The number of carbonyl (C=O) groups excluding carboxylic acids is 1. The van der Waals surface area contributed by atoms with Gasteiger partial charge in [-0.3, -0.25) is 4.79 Å². The second-order valence-electron chi connectivity index (χ2n) is 6.74. The number of nitrogens with one attached hydrogen (secondary N) is 2. The van der Waals surface area contributed by atoms with Gasteiger partial charge in [0.15, 0.2) is 5.01 Å². The Morgan fingerprint density at radius 1 is 1.25 bits per heavy atom.